The summed E-state index contributed by atoms with van der Waals surface area (Å²) >= 11 is 5.97. The van der Waals surface area contributed by atoms with Crippen LogP contribution in [0, 0.1) is 5.82 Å². The standard InChI is InChI=1S/C18H15ClFNO3S/c1-25(23,24)14-5-7-16(17(20)9-14)18(22)21-10-12-3-2-11-8-13(19)4-6-15(11)12/h4-10,12H,2-3H2,1H3. The van der Waals surface area contributed by atoms with Crippen molar-refractivity contribution in [1.29, 1.82) is 0 Å². The summed E-state index contributed by atoms with van der Waals surface area (Å²) in [7, 11) is -3.53. The highest BCUT2D eigenvalue weighted by Crippen LogP contribution is 2.33. The maximum absolute atomic E-state index is 14.0. The van der Waals surface area contributed by atoms with E-state index in [1.165, 1.54) is 12.3 Å². The van der Waals surface area contributed by atoms with Crippen LogP contribution in [0.4, 0.5) is 4.39 Å². The lowest BCUT2D eigenvalue weighted by Gasteiger charge is -2.06. The van der Waals surface area contributed by atoms with E-state index in [0.717, 1.165) is 42.4 Å². The molecule has 0 aromatic heterocycles. The molecule has 25 heavy (non-hydrogen) atoms. The highest BCUT2D eigenvalue weighted by molar-refractivity contribution is 7.90. The summed E-state index contributed by atoms with van der Waals surface area (Å²) in [4.78, 5) is 15.8. The van der Waals surface area contributed by atoms with E-state index in [1.807, 2.05) is 12.1 Å². The van der Waals surface area contributed by atoms with Gasteiger partial charge in [0.05, 0.1) is 10.5 Å². The topological polar surface area (TPSA) is 63.6 Å². The second-order valence-electron chi connectivity index (χ2n) is 5.99. The van der Waals surface area contributed by atoms with Crippen molar-refractivity contribution in [1.82, 2.24) is 0 Å². The van der Waals surface area contributed by atoms with Gasteiger partial charge in [0, 0.05) is 23.4 Å². The molecule has 1 atom stereocenters. The number of amides is 1. The van der Waals surface area contributed by atoms with Crippen LogP contribution in [0.3, 0.4) is 0 Å². The minimum absolute atomic E-state index is 0.0189. The average molecular weight is 380 g/mol. The molecular weight excluding hydrogens is 365 g/mol. The third-order valence-electron chi connectivity index (χ3n) is 4.20. The van der Waals surface area contributed by atoms with E-state index in [4.69, 9.17) is 11.6 Å². The average Bonchev–Trinajstić information content (AvgIpc) is 2.93. The van der Waals surface area contributed by atoms with Crippen LogP contribution in [-0.2, 0) is 16.3 Å². The maximum atomic E-state index is 14.0. The van der Waals surface area contributed by atoms with Crippen LogP contribution in [0.2, 0.25) is 5.02 Å². The van der Waals surface area contributed by atoms with Crippen LogP contribution in [0.25, 0.3) is 0 Å². The molecule has 0 aliphatic heterocycles. The molecule has 1 aliphatic rings. The van der Waals surface area contributed by atoms with Crippen LogP contribution >= 0.6 is 11.6 Å². The predicted molar refractivity (Wildman–Crippen MR) is 94.8 cm³/mol. The number of aryl methyl sites for hydroxylation is 1. The molecule has 4 nitrogen and oxygen atoms in total. The van der Waals surface area contributed by atoms with Gasteiger partial charge in [-0.2, -0.15) is 0 Å². The maximum Gasteiger partial charge on any atom is 0.279 e. The Hall–Kier alpha value is -2.05. The number of fused-ring (bicyclic) bond motifs is 1. The van der Waals surface area contributed by atoms with Gasteiger partial charge in [-0.3, -0.25) is 4.79 Å². The van der Waals surface area contributed by atoms with E-state index in [-0.39, 0.29) is 16.4 Å². The van der Waals surface area contributed by atoms with Gasteiger partial charge >= 0.3 is 0 Å². The van der Waals surface area contributed by atoms with Crippen molar-refractivity contribution in [3.63, 3.8) is 0 Å². The zero-order valence-corrected chi connectivity index (χ0v) is 14.9. The monoisotopic (exact) mass is 379 g/mol. The van der Waals surface area contributed by atoms with Crippen LogP contribution in [0.15, 0.2) is 46.3 Å². The van der Waals surface area contributed by atoms with Gasteiger partial charge in [0.2, 0.25) is 0 Å². The minimum Gasteiger partial charge on any atom is -0.267 e. The number of benzene rings is 2. The zero-order chi connectivity index (χ0) is 18.2. The number of aliphatic imine (C=N–C) groups is 1. The predicted octanol–water partition coefficient (Wildman–Crippen LogP) is 3.82. The number of carbonyl (C=O) groups excluding carboxylic acids is 1. The number of sulfone groups is 1. The molecule has 1 aliphatic carbocycles. The summed E-state index contributed by atoms with van der Waals surface area (Å²) in [6, 6.07) is 8.79. The Morgan fingerprint density at radius 3 is 2.72 bits per heavy atom. The van der Waals surface area contributed by atoms with E-state index >= 15 is 0 Å². The fourth-order valence-corrected chi connectivity index (χ4v) is 3.73. The first-order valence-corrected chi connectivity index (χ1v) is 9.89. The second kappa shape index (κ2) is 6.69. The summed E-state index contributed by atoms with van der Waals surface area (Å²) in [5.74, 6) is -1.65. The number of hydrogen-bond donors (Lipinski definition) is 0. The number of rotatable bonds is 3. The first-order valence-electron chi connectivity index (χ1n) is 7.62. The molecule has 2 aromatic rings. The molecule has 0 spiro atoms. The van der Waals surface area contributed by atoms with Crippen molar-refractivity contribution in [3.05, 3.63) is 63.9 Å². The lowest BCUT2D eigenvalue weighted by atomic mass is 10.0. The van der Waals surface area contributed by atoms with Crippen molar-refractivity contribution >= 4 is 33.6 Å². The number of nitrogens with zero attached hydrogens (tertiary/aromatic N) is 1. The summed E-state index contributed by atoms with van der Waals surface area (Å²) < 4.78 is 36.9. The first kappa shape index (κ1) is 17.8. The van der Waals surface area contributed by atoms with Gasteiger partial charge in [0.1, 0.15) is 5.82 Å². The van der Waals surface area contributed by atoms with Crippen molar-refractivity contribution in [3.8, 4) is 0 Å². The number of halogens is 2. The number of hydrogen-bond acceptors (Lipinski definition) is 3. The Balaban J connectivity index is 1.81. The Bertz CT molecular complexity index is 986. The Labute approximate surface area is 150 Å². The van der Waals surface area contributed by atoms with Gasteiger partial charge in [-0.25, -0.2) is 17.8 Å². The van der Waals surface area contributed by atoms with Gasteiger partial charge in [-0.1, -0.05) is 17.7 Å². The number of carbonyl (C=O) groups is 1. The molecule has 130 valence electrons. The lowest BCUT2D eigenvalue weighted by Crippen LogP contribution is -2.05. The van der Waals surface area contributed by atoms with Crippen LogP contribution in [0.1, 0.15) is 33.8 Å². The Morgan fingerprint density at radius 2 is 2.04 bits per heavy atom. The van der Waals surface area contributed by atoms with Crippen molar-refractivity contribution in [2.24, 2.45) is 4.99 Å². The smallest absolute Gasteiger partial charge is 0.267 e. The van der Waals surface area contributed by atoms with Gasteiger partial charge in [0.25, 0.3) is 5.91 Å². The summed E-state index contributed by atoms with van der Waals surface area (Å²) in [6.45, 7) is 0. The van der Waals surface area contributed by atoms with Crippen molar-refractivity contribution < 1.29 is 17.6 Å². The molecule has 0 saturated heterocycles. The molecule has 2 aromatic carbocycles. The molecule has 0 fully saturated rings. The van der Waals surface area contributed by atoms with Crippen LogP contribution in [0.5, 0.6) is 0 Å². The molecule has 1 unspecified atom stereocenters. The molecule has 0 heterocycles. The molecular formula is C18H15ClFNO3S. The highest BCUT2D eigenvalue weighted by atomic mass is 35.5. The van der Waals surface area contributed by atoms with Crippen LogP contribution in [-0.4, -0.2) is 26.8 Å². The normalized spacial score (nSPS) is 17.0. The van der Waals surface area contributed by atoms with E-state index in [9.17, 15) is 17.6 Å². The summed E-state index contributed by atoms with van der Waals surface area (Å²) in [5.41, 5.74) is 1.94. The molecule has 0 N–H and O–H groups in total. The second-order valence-corrected chi connectivity index (χ2v) is 8.44. The fraction of sp³-hybridized carbons (Fsp3) is 0.222. The minimum atomic E-state index is -3.53. The largest absolute Gasteiger partial charge is 0.279 e. The summed E-state index contributed by atoms with van der Waals surface area (Å²) in [6.07, 6.45) is 4.15. The zero-order valence-electron chi connectivity index (χ0n) is 13.4. The van der Waals surface area contributed by atoms with Gasteiger partial charge < -0.3 is 0 Å². The Kier molecular flexibility index (Phi) is 4.75. The molecule has 0 saturated carbocycles. The van der Waals surface area contributed by atoms with Gasteiger partial charge in [-0.15, -0.1) is 0 Å². The van der Waals surface area contributed by atoms with E-state index < -0.39 is 21.6 Å². The molecule has 1 amide bonds. The molecule has 7 heteroatoms. The van der Waals surface area contributed by atoms with Crippen LogP contribution < -0.4 is 0 Å². The third-order valence-corrected chi connectivity index (χ3v) is 5.55. The van der Waals surface area contributed by atoms with E-state index in [2.05, 4.69) is 4.99 Å². The molecule has 0 bridgehead atoms. The third kappa shape index (κ3) is 3.80. The first-order chi connectivity index (χ1) is 11.8. The van der Waals surface area contributed by atoms with E-state index in [1.54, 1.807) is 6.07 Å². The molecule has 3 rings (SSSR count). The highest BCUT2D eigenvalue weighted by Gasteiger charge is 2.22. The SMILES string of the molecule is CS(=O)(=O)c1ccc(C(=O)N=CC2CCc3cc(Cl)ccc32)c(F)c1. The molecule has 0 radical (unpaired) electrons. The van der Waals surface area contributed by atoms with Gasteiger partial charge in [-0.05, 0) is 54.3 Å². The quantitative estimate of drug-likeness (QED) is 0.761. The van der Waals surface area contributed by atoms with Crippen molar-refractivity contribution in [2.75, 3.05) is 6.26 Å². The summed E-state index contributed by atoms with van der Waals surface area (Å²) in [5, 5.41) is 0.667. The Morgan fingerprint density at radius 1 is 1.28 bits per heavy atom. The fourth-order valence-electron chi connectivity index (χ4n) is 2.90. The van der Waals surface area contributed by atoms with Gasteiger partial charge in [0.15, 0.2) is 9.84 Å². The van der Waals surface area contributed by atoms with E-state index in [0.29, 0.717) is 5.02 Å². The van der Waals surface area contributed by atoms with Crippen molar-refractivity contribution in [2.45, 2.75) is 23.7 Å². The lowest BCUT2D eigenvalue weighted by molar-refractivity contribution is 0.0999.